The first kappa shape index (κ1) is 15.9. The lowest BCUT2D eigenvalue weighted by atomic mass is 10.0. The standard InChI is InChI=1S/C17H18FN5O/c1-10(2)15(16-20-13-5-3-4-6-14(13)21-16)23-17(24)22-12-7-8-19-9-11(12)18/h3-10,15H,1-2H3,(H,20,21)(H2,19,22,23,24)/t15-/m1/s1. The second kappa shape index (κ2) is 6.66. The Balaban J connectivity index is 1.79. The van der Waals surface area contributed by atoms with E-state index in [1.165, 1.54) is 12.3 Å². The highest BCUT2D eigenvalue weighted by molar-refractivity contribution is 5.89. The molecule has 3 N–H and O–H groups in total. The van der Waals surface area contributed by atoms with Gasteiger partial charge < -0.3 is 15.6 Å². The molecule has 7 heteroatoms. The van der Waals surface area contributed by atoms with Crippen LogP contribution in [0.2, 0.25) is 0 Å². The van der Waals surface area contributed by atoms with Gasteiger partial charge in [-0.05, 0) is 24.1 Å². The van der Waals surface area contributed by atoms with Crippen LogP contribution in [0.3, 0.4) is 0 Å². The molecule has 1 aromatic carbocycles. The van der Waals surface area contributed by atoms with Crippen LogP contribution < -0.4 is 10.6 Å². The average Bonchev–Trinajstić information content (AvgIpc) is 2.98. The van der Waals surface area contributed by atoms with E-state index in [4.69, 9.17) is 0 Å². The van der Waals surface area contributed by atoms with Gasteiger partial charge in [-0.3, -0.25) is 4.98 Å². The third-order valence-corrected chi connectivity index (χ3v) is 3.68. The summed E-state index contributed by atoms with van der Waals surface area (Å²) in [5, 5.41) is 5.33. The monoisotopic (exact) mass is 327 g/mol. The molecule has 124 valence electrons. The van der Waals surface area contributed by atoms with Gasteiger partial charge in [-0.1, -0.05) is 26.0 Å². The summed E-state index contributed by atoms with van der Waals surface area (Å²) in [6, 6.07) is 8.22. The van der Waals surface area contributed by atoms with Gasteiger partial charge in [0.05, 0.1) is 29.0 Å². The maximum absolute atomic E-state index is 13.6. The summed E-state index contributed by atoms with van der Waals surface area (Å²) in [6.45, 7) is 3.95. The van der Waals surface area contributed by atoms with Crippen molar-refractivity contribution in [2.45, 2.75) is 19.9 Å². The third kappa shape index (κ3) is 3.34. The number of benzene rings is 1. The zero-order valence-corrected chi connectivity index (χ0v) is 13.4. The fourth-order valence-electron chi connectivity index (χ4n) is 2.45. The Labute approximate surface area is 138 Å². The first-order valence-electron chi connectivity index (χ1n) is 7.66. The van der Waals surface area contributed by atoms with Gasteiger partial charge in [-0.25, -0.2) is 14.2 Å². The van der Waals surface area contributed by atoms with Crippen molar-refractivity contribution in [1.82, 2.24) is 20.3 Å². The molecule has 0 saturated heterocycles. The number of nitrogens with one attached hydrogen (secondary N) is 3. The van der Waals surface area contributed by atoms with Gasteiger partial charge in [0.15, 0.2) is 5.82 Å². The average molecular weight is 327 g/mol. The van der Waals surface area contributed by atoms with Crippen molar-refractivity contribution in [3.8, 4) is 0 Å². The van der Waals surface area contributed by atoms with Crippen molar-refractivity contribution in [1.29, 1.82) is 0 Å². The minimum Gasteiger partial charge on any atom is -0.340 e. The van der Waals surface area contributed by atoms with Gasteiger partial charge in [0.2, 0.25) is 0 Å². The molecule has 0 bridgehead atoms. The molecule has 6 nitrogen and oxygen atoms in total. The van der Waals surface area contributed by atoms with Crippen molar-refractivity contribution in [3.05, 3.63) is 54.4 Å². The Hall–Kier alpha value is -2.96. The van der Waals surface area contributed by atoms with Crippen molar-refractivity contribution in [3.63, 3.8) is 0 Å². The van der Waals surface area contributed by atoms with E-state index in [9.17, 15) is 9.18 Å². The molecule has 2 amide bonds. The Morgan fingerprint density at radius 1 is 1.25 bits per heavy atom. The Bertz CT molecular complexity index is 828. The number of nitrogens with zero attached hydrogens (tertiary/aromatic N) is 2. The molecule has 24 heavy (non-hydrogen) atoms. The van der Waals surface area contributed by atoms with Crippen molar-refractivity contribution >= 4 is 22.8 Å². The molecule has 0 spiro atoms. The number of urea groups is 1. The summed E-state index contributed by atoms with van der Waals surface area (Å²) in [6.07, 6.45) is 2.46. The zero-order chi connectivity index (χ0) is 17.1. The molecule has 0 radical (unpaired) electrons. The molecule has 3 aromatic rings. The number of imidazole rings is 1. The number of carbonyl (C=O) groups excluding carboxylic acids is 1. The smallest absolute Gasteiger partial charge is 0.319 e. The van der Waals surface area contributed by atoms with Crippen LogP contribution in [-0.4, -0.2) is 21.0 Å². The molecule has 0 aliphatic heterocycles. The molecule has 3 rings (SSSR count). The number of para-hydroxylation sites is 2. The van der Waals surface area contributed by atoms with Crippen LogP contribution >= 0.6 is 0 Å². The molecule has 0 aliphatic carbocycles. The molecular weight excluding hydrogens is 309 g/mol. The first-order valence-corrected chi connectivity index (χ1v) is 7.66. The highest BCUT2D eigenvalue weighted by Crippen LogP contribution is 2.22. The van der Waals surface area contributed by atoms with Crippen LogP contribution in [-0.2, 0) is 0 Å². The van der Waals surface area contributed by atoms with E-state index in [0.29, 0.717) is 5.82 Å². The number of carbonyl (C=O) groups is 1. The van der Waals surface area contributed by atoms with Gasteiger partial charge in [-0.15, -0.1) is 0 Å². The molecule has 0 unspecified atom stereocenters. The second-order valence-electron chi connectivity index (χ2n) is 5.81. The predicted molar refractivity (Wildman–Crippen MR) is 90.0 cm³/mol. The Morgan fingerprint density at radius 3 is 2.75 bits per heavy atom. The fraction of sp³-hybridized carbons (Fsp3) is 0.235. The van der Waals surface area contributed by atoms with Crippen LogP contribution in [0.15, 0.2) is 42.7 Å². The van der Waals surface area contributed by atoms with E-state index < -0.39 is 11.8 Å². The van der Waals surface area contributed by atoms with Gasteiger partial charge in [0.25, 0.3) is 0 Å². The summed E-state index contributed by atoms with van der Waals surface area (Å²) in [7, 11) is 0. The summed E-state index contributed by atoms with van der Waals surface area (Å²) >= 11 is 0. The van der Waals surface area contributed by atoms with Gasteiger partial charge in [0.1, 0.15) is 5.82 Å². The van der Waals surface area contributed by atoms with Crippen LogP contribution in [0.1, 0.15) is 25.7 Å². The SMILES string of the molecule is CC(C)[C@@H](NC(=O)Nc1ccncc1F)c1nc2ccccc2[nH]1. The molecule has 0 aliphatic rings. The van der Waals surface area contributed by atoms with E-state index in [0.717, 1.165) is 17.2 Å². The quantitative estimate of drug-likeness (QED) is 0.684. The Kier molecular flexibility index (Phi) is 4.41. The number of aromatic nitrogens is 3. The third-order valence-electron chi connectivity index (χ3n) is 3.68. The number of anilines is 1. The first-order chi connectivity index (χ1) is 11.5. The van der Waals surface area contributed by atoms with E-state index in [-0.39, 0.29) is 17.6 Å². The number of hydrogen-bond donors (Lipinski definition) is 3. The van der Waals surface area contributed by atoms with E-state index in [1.807, 2.05) is 38.1 Å². The maximum atomic E-state index is 13.6. The largest absolute Gasteiger partial charge is 0.340 e. The molecule has 1 atom stereocenters. The van der Waals surface area contributed by atoms with Crippen molar-refractivity contribution in [2.75, 3.05) is 5.32 Å². The molecular formula is C17H18FN5O. The number of H-pyrrole nitrogens is 1. The topological polar surface area (TPSA) is 82.7 Å². The van der Waals surface area contributed by atoms with Crippen LogP contribution in [0.5, 0.6) is 0 Å². The van der Waals surface area contributed by atoms with E-state index >= 15 is 0 Å². The highest BCUT2D eigenvalue weighted by Gasteiger charge is 2.22. The number of fused-ring (bicyclic) bond motifs is 1. The molecule has 0 saturated carbocycles. The second-order valence-corrected chi connectivity index (χ2v) is 5.81. The van der Waals surface area contributed by atoms with Crippen molar-refractivity contribution < 1.29 is 9.18 Å². The number of hydrogen-bond acceptors (Lipinski definition) is 3. The minimum atomic E-state index is -0.586. The normalized spacial score (nSPS) is 12.3. The fourth-order valence-corrected chi connectivity index (χ4v) is 2.45. The summed E-state index contributed by atoms with van der Waals surface area (Å²) in [4.78, 5) is 23.6. The van der Waals surface area contributed by atoms with Crippen LogP contribution in [0, 0.1) is 11.7 Å². The van der Waals surface area contributed by atoms with E-state index in [2.05, 4.69) is 25.6 Å². The molecule has 0 fully saturated rings. The Morgan fingerprint density at radius 2 is 2.04 bits per heavy atom. The number of halogens is 1. The van der Waals surface area contributed by atoms with Crippen LogP contribution in [0.4, 0.5) is 14.9 Å². The predicted octanol–water partition coefficient (Wildman–Crippen LogP) is 3.62. The highest BCUT2D eigenvalue weighted by atomic mass is 19.1. The lowest BCUT2D eigenvalue weighted by Crippen LogP contribution is -2.36. The van der Waals surface area contributed by atoms with E-state index in [1.54, 1.807) is 0 Å². The molecule has 2 heterocycles. The number of aromatic amines is 1. The van der Waals surface area contributed by atoms with Gasteiger partial charge >= 0.3 is 6.03 Å². The van der Waals surface area contributed by atoms with Crippen LogP contribution in [0.25, 0.3) is 11.0 Å². The summed E-state index contributed by atoms with van der Waals surface area (Å²) in [5.74, 6) is 0.174. The van der Waals surface area contributed by atoms with Gasteiger partial charge in [-0.2, -0.15) is 0 Å². The van der Waals surface area contributed by atoms with Gasteiger partial charge in [0, 0.05) is 6.20 Å². The number of pyridine rings is 1. The number of rotatable bonds is 4. The molecule has 2 aromatic heterocycles. The zero-order valence-electron chi connectivity index (χ0n) is 13.4. The summed E-state index contributed by atoms with van der Waals surface area (Å²) < 4.78 is 13.6. The van der Waals surface area contributed by atoms with Crippen molar-refractivity contribution in [2.24, 2.45) is 5.92 Å². The lowest BCUT2D eigenvalue weighted by molar-refractivity contribution is 0.244. The minimum absolute atomic E-state index is 0.0783. The lowest BCUT2D eigenvalue weighted by Gasteiger charge is -2.20. The summed E-state index contributed by atoms with van der Waals surface area (Å²) in [5.41, 5.74) is 1.82. The number of amides is 2. The maximum Gasteiger partial charge on any atom is 0.319 e.